The second-order valence-electron chi connectivity index (χ2n) is 8.47. The Balaban J connectivity index is 1.36. The van der Waals surface area contributed by atoms with Gasteiger partial charge in [-0.1, -0.05) is 6.08 Å². The zero-order valence-electron chi connectivity index (χ0n) is 20.2. The number of pyridine rings is 1. The van der Waals surface area contributed by atoms with Gasteiger partial charge in [0.1, 0.15) is 5.65 Å². The molecule has 0 fully saturated rings. The Morgan fingerprint density at radius 3 is 2.32 bits per heavy atom. The van der Waals surface area contributed by atoms with Crippen molar-refractivity contribution in [2.75, 3.05) is 27.3 Å². The van der Waals surface area contributed by atoms with Gasteiger partial charge in [-0.3, -0.25) is 10.1 Å². The molecule has 0 N–H and O–H groups in total. The van der Waals surface area contributed by atoms with Crippen LogP contribution in [0.5, 0.6) is 11.5 Å². The van der Waals surface area contributed by atoms with Crippen LogP contribution in [0.3, 0.4) is 0 Å². The summed E-state index contributed by atoms with van der Waals surface area (Å²) in [5.41, 5.74) is 4.34. The van der Waals surface area contributed by atoms with Gasteiger partial charge in [-0.25, -0.2) is 13.4 Å². The zero-order valence-corrected chi connectivity index (χ0v) is 21.0. The third-order valence-electron chi connectivity index (χ3n) is 6.36. The maximum atomic E-state index is 13.0. The number of non-ortho nitro benzene ring substituents is 1. The van der Waals surface area contributed by atoms with E-state index in [0.717, 1.165) is 28.0 Å². The molecule has 1 aliphatic heterocycles. The fraction of sp³-hybridized carbons (Fsp3) is 0.192. The molecule has 4 aromatic rings. The summed E-state index contributed by atoms with van der Waals surface area (Å²) in [6.45, 7) is 0.525. The lowest BCUT2D eigenvalue weighted by Gasteiger charge is -2.26. The molecule has 0 atom stereocenters. The van der Waals surface area contributed by atoms with E-state index >= 15 is 0 Å². The first-order valence-electron chi connectivity index (χ1n) is 11.5. The monoisotopic (exact) mass is 520 g/mol. The molecule has 1 aliphatic rings. The van der Waals surface area contributed by atoms with Crippen molar-refractivity contribution in [3.63, 3.8) is 0 Å². The standard InChI is InChI=1S/C26H24N4O6S/c1-35-24-9-3-19(15-25(24)36-2)23-17-28-16-20(4-10-26(28)27-23)18-11-13-29(14-12-18)37(33,34)22-7-5-21(6-8-22)30(31)32/h3-11,15-17H,12-14H2,1-2H3. The first-order valence-corrected chi connectivity index (χ1v) is 12.9. The van der Waals surface area contributed by atoms with Gasteiger partial charge in [0.05, 0.1) is 29.7 Å². The van der Waals surface area contributed by atoms with E-state index in [9.17, 15) is 18.5 Å². The number of nitro benzene ring substituents is 1. The SMILES string of the molecule is COc1ccc(-c2cn3cc(C4=CCN(S(=O)(=O)c5ccc([N+](=O)[O-])cc5)CC4)ccc3n2)cc1OC. The van der Waals surface area contributed by atoms with Crippen molar-refractivity contribution in [3.05, 3.63) is 88.7 Å². The van der Waals surface area contributed by atoms with Crippen molar-refractivity contribution in [2.45, 2.75) is 11.3 Å². The molecule has 2 aromatic carbocycles. The van der Waals surface area contributed by atoms with Gasteiger partial charge in [0.15, 0.2) is 11.5 Å². The molecule has 0 aliphatic carbocycles. The van der Waals surface area contributed by atoms with Gasteiger partial charge in [0, 0.05) is 43.2 Å². The Hall–Kier alpha value is -4.22. The summed E-state index contributed by atoms with van der Waals surface area (Å²) in [5.74, 6) is 1.27. The van der Waals surface area contributed by atoms with Crippen LogP contribution >= 0.6 is 0 Å². The number of imidazole rings is 1. The number of sulfonamides is 1. The molecule has 5 rings (SSSR count). The number of nitrogens with zero attached hydrogens (tertiary/aromatic N) is 4. The van der Waals surface area contributed by atoms with Crippen molar-refractivity contribution in [1.82, 2.24) is 13.7 Å². The molecule has 2 aromatic heterocycles. The normalized spacial score (nSPS) is 14.4. The highest BCUT2D eigenvalue weighted by Crippen LogP contribution is 2.33. The van der Waals surface area contributed by atoms with Gasteiger partial charge in [-0.05, 0) is 60.0 Å². The van der Waals surface area contributed by atoms with E-state index in [0.29, 0.717) is 24.5 Å². The van der Waals surface area contributed by atoms with Crippen LogP contribution in [0, 0.1) is 10.1 Å². The van der Waals surface area contributed by atoms with Crippen LogP contribution in [-0.2, 0) is 10.0 Å². The average molecular weight is 521 g/mol. The summed E-state index contributed by atoms with van der Waals surface area (Å²) in [5, 5.41) is 10.9. The molecular formula is C26H24N4O6S. The second kappa shape index (κ2) is 9.68. The van der Waals surface area contributed by atoms with Crippen LogP contribution < -0.4 is 9.47 Å². The first-order chi connectivity index (χ1) is 17.8. The second-order valence-corrected chi connectivity index (χ2v) is 10.4. The summed E-state index contributed by atoms with van der Waals surface area (Å²) in [7, 11) is -0.569. The minimum atomic E-state index is -3.75. The highest BCUT2D eigenvalue weighted by molar-refractivity contribution is 7.89. The third kappa shape index (κ3) is 4.66. The highest BCUT2D eigenvalue weighted by Gasteiger charge is 2.27. The topological polar surface area (TPSA) is 116 Å². The lowest BCUT2D eigenvalue weighted by atomic mass is 10.0. The van der Waals surface area contributed by atoms with Gasteiger partial charge in [0.25, 0.3) is 5.69 Å². The number of fused-ring (bicyclic) bond motifs is 1. The molecule has 37 heavy (non-hydrogen) atoms. The van der Waals surface area contributed by atoms with Gasteiger partial charge in [-0.2, -0.15) is 4.31 Å². The lowest BCUT2D eigenvalue weighted by molar-refractivity contribution is -0.384. The van der Waals surface area contributed by atoms with Gasteiger partial charge < -0.3 is 13.9 Å². The van der Waals surface area contributed by atoms with Crippen LogP contribution in [0.1, 0.15) is 12.0 Å². The smallest absolute Gasteiger partial charge is 0.269 e. The molecule has 0 unspecified atom stereocenters. The maximum Gasteiger partial charge on any atom is 0.269 e. The molecule has 0 radical (unpaired) electrons. The van der Waals surface area contributed by atoms with Crippen molar-refractivity contribution < 1.29 is 22.8 Å². The van der Waals surface area contributed by atoms with Crippen LogP contribution in [0.15, 0.2) is 78.0 Å². The number of methoxy groups -OCH3 is 2. The van der Waals surface area contributed by atoms with E-state index in [1.165, 1.54) is 28.6 Å². The highest BCUT2D eigenvalue weighted by atomic mass is 32.2. The van der Waals surface area contributed by atoms with Gasteiger partial charge >= 0.3 is 0 Å². The fourth-order valence-corrected chi connectivity index (χ4v) is 5.72. The number of hydrogen-bond acceptors (Lipinski definition) is 7. The van der Waals surface area contributed by atoms with Crippen molar-refractivity contribution in [1.29, 1.82) is 0 Å². The predicted octanol–water partition coefficient (Wildman–Crippen LogP) is 4.40. The molecule has 0 saturated carbocycles. The zero-order chi connectivity index (χ0) is 26.2. The van der Waals surface area contributed by atoms with Crippen molar-refractivity contribution in [3.8, 4) is 22.8 Å². The number of rotatable bonds is 7. The molecule has 10 nitrogen and oxygen atoms in total. The molecule has 190 valence electrons. The van der Waals surface area contributed by atoms with Crippen LogP contribution in [-0.4, -0.2) is 54.3 Å². The Morgan fingerprint density at radius 2 is 1.68 bits per heavy atom. The summed E-state index contributed by atoms with van der Waals surface area (Å²) < 4.78 is 40.1. The molecule has 0 saturated heterocycles. The molecule has 0 amide bonds. The van der Waals surface area contributed by atoms with Crippen molar-refractivity contribution in [2.24, 2.45) is 0 Å². The Kier molecular flexibility index (Phi) is 6.40. The van der Waals surface area contributed by atoms with E-state index in [-0.39, 0.29) is 17.1 Å². The third-order valence-corrected chi connectivity index (χ3v) is 8.24. The molecule has 11 heteroatoms. The van der Waals surface area contributed by atoms with Crippen LogP contribution in [0.4, 0.5) is 5.69 Å². The molecule has 3 heterocycles. The van der Waals surface area contributed by atoms with Gasteiger partial charge in [0.2, 0.25) is 10.0 Å². The Morgan fingerprint density at radius 1 is 0.946 bits per heavy atom. The lowest BCUT2D eigenvalue weighted by Crippen LogP contribution is -2.34. The van der Waals surface area contributed by atoms with E-state index in [4.69, 9.17) is 14.5 Å². The van der Waals surface area contributed by atoms with Crippen LogP contribution in [0.2, 0.25) is 0 Å². The maximum absolute atomic E-state index is 13.0. The molecule has 0 bridgehead atoms. The Labute approximate surface area is 213 Å². The van der Waals surface area contributed by atoms with E-state index in [1.54, 1.807) is 14.2 Å². The minimum Gasteiger partial charge on any atom is -0.493 e. The summed E-state index contributed by atoms with van der Waals surface area (Å²) in [6, 6.07) is 14.5. The predicted molar refractivity (Wildman–Crippen MR) is 138 cm³/mol. The van der Waals surface area contributed by atoms with E-state index in [1.807, 2.05) is 53.2 Å². The first kappa shape index (κ1) is 24.5. The Bertz CT molecular complexity index is 1630. The van der Waals surface area contributed by atoms with E-state index in [2.05, 4.69) is 0 Å². The van der Waals surface area contributed by atoms with Crippen molar-refractivity contribution >= 4 is 26.9 Å². The minimum absolute atomic E-state index is 0.0393. The number of aromatic nitrogens is 2. The molecular weight excluding hydrogens is 496 g/mol. The largest absolute Gasteiger partial charge is 0.493 e. The summed E-state index contributed by atoms with van der Waals surface area (Å²) in [6.07, 6.45) is 6.36. The summed E-state index contributed by atoms with van der Waals surface area (Å²) in [4.78, 5) is 15.1. The van der Waals surface area contributed by atoms with Gasteiger partial charge in [-0.15, -0.1) is 0 Å². The quantitative estimate of drug-likeness (QED) is 0.262. The number of benzene rings is 2. The summed E-state index contributed by atoms with van der Waals surface area (Å²) >= 11 is 0. The number of nitro groups is 1. The fourth-order valence-electron chi connectivity index (χ4n) is 4.34. The number of ether oxygens (including phenoxy) is 2. The molecule has 0 spiro atoms. The number of hydrogen-bond donors (Lipinski definition) is 0. The van der Waals surface area contributed by atoms with E-state index < -0.39 is 14.9 Å². The van der Waals surface area contributed by atoms with Crippen LogP contribution in [0.25, 0.3) is 22.5 Å². The average Bonchev–Trinajstić information content (AvgIpc) is 3.36.